The molecule has 5 heteroatoms. The minimum atomic E-state index is -1.32. The largest absolute Gasteiger partial charge is 0.591 e. The van der Waals surface area contributed by atoms with Crippen LogP contribution in [0.15, 0.2) is 46.9 Å². The van der Waals surface area contributed by atoms with Gasteiger partial charge in [0.05, 0.1) is 13.3 Å². The minimum absolute atomic E-state index is 0.384. The molecule has 0 saturated carbocycles. The lowest BCUT2D eigenvalue weighted by Gasteiger charge is -2.18. The van der Waals surface area contributed by atoms with Crippen LogP contribution in [0.4, 0.5) is 0 Å². The summed E-state index contributed by atoms with van der Waals surface area (Å²) >= 11 is 4.05. The molecular formula is C22H27NO2S2. The van der Waals surface area contributed by atoms with E-state index in [1.54, 1.807) is 13.3 Å². The Morgan fingerprint density at radius 3 is 2.41 bits per heavy atom. The predicted octanol–water partition coefficient (Wildman–Crippen LogP) is 5.68. The summed E-state index contributed by atoms with van der Waals surface area (Å²) in [5.41, 5.74) is 4.95. The summed E-state index contributed by atoms with van der Waals surface area (Å²) in [5.74, 6) is 0.384. The molecule has 0 aliphatic rings. The number of hydrogen-bond acceptors (Lipinski definition) is 4. The Hall–Kier alpha value is -1.69. The van der Waals surface area contributed by atoms with Crippen LogP contribution in [0, 0.1) is 0 Å². The molecule has 0 fully saturated rings. The zero-order valence-electron chi connectivity index (χ0n) is 16.8. The van der Waals surface area contributed by atoms with Crippen LogP contribution in [-0.2, 0) is 16.1 Å². The second-order valence-corrected chi connectivity index (χ2v) is 9.94. The fourth-order valence-electron chi connectivity index (χ4n) is 2.56. The smallest absolute Gasteiger partial charge is 0.191 e. The second kappa shape index (κ2) is 9.00. The predicted molar refractivity (Wildman–Crippen MR) is 120 cm³/mol. The highest BCUT2D eigenvalue weighted by Gasteiger charge is 2.26. The molecule has 0 spiro atoms. The highest BCUT2D eigenvalue weighted by molar-refractivity contribution is 7.91. The van der Waals surface area contributed by atoms with E-state index in [1.807, 2.05) is 45.0 Å². The molecule has 2 aromatic carbocycles. The first-order valence-corrected chi connectivity index (χ1v) is 10.4. The van der Waals surface area contributed by atoms with Crippen LogP contribution in [-0.4, -0.2) is 27.7 Å². The summed E-state index contributed by atoms with van der Waals surface area (Å²) in [4.78, 5) is 0. The maximum atomic E-state index is 12.4. The van der Waals surface area contributed by atoms with E-state index in [2.05, 4.69) is 36.4 Å². The number of hydrogen-bond donors (Lipinski definition) is 0. The molecule has 27 heavy (non-hydrogen) atoms. The van der Waals surface area contributed by atoms with Gasteiger partial charge in [-0.1, -0.05) is 48.6 Å². The number of thiocarbonyl (C=S) groups is 1. The minimum Gasteiger partial charge on any atom is -0.591 e. The van der Waals surface area contributed by atoms with Crippen molar-refractivity contribution in [3.63, 3.8) is 0 Å². The summed E-state index contributed by atoms with van der Waals surface area (Å²) < 4.78 is 21.6. The van der Waals surface area contributed by atoms with Crippen molar-refractivity contribution in [3.05, 3.63) is 59.2 Å². The number of methoxy groups -OCH3 is 1. The second-order valence-electron chi connectivity index (χ2n) is 7.63. The van der Waals surface area contributed by atoms with Gasteiger partial charge in [-0.2, -0.15) is 0 Å². The molecular weight excluding hydrogens is 374 g/mol. The van der Waals surface area contributed by atoms with E-state index in [0.717, 1.165) is 22.3 Å². The Balaban J connectivity index is 2.61. The molecule has 1 unspecified atom stereocenters. The van der Waals surface area contributed by atoms with Gasteiger partial charge < -0.3 is 9.29 Å². The third kappa shape index (κ3) is 5.41. The molecule has 144 valence electrons. The van der Waals surface area contributed by atoms with Crippen molar-refractivity contribution in [1.82, 2.24) is 0 Å². The lowest BCUT2D eigenvalue weighted by molar-refractivity contribution is 0.416. The van der Waals surface area contributed by atoms with Gasteiger partial charge in [0.25, 0.3) is 0 Å². The molecule has 0 amide bonds. The average Bonchev–Trinajstić information content (AvgIpc) is 2.64. The summed E-state index contributed by atoms with van der Waals surface area (Å²) in [5, 5.41) is 0.444. The molecule has 0 radical (unpaired) electrons. The molecule has 2 aromatic rings. The van der Waals surface area contributed by atoms with Crippen LogP contribution in [0.2, 0.25) is 0 Å². The Bertz CT molecular complexity index is 838. The van der Waals surface area contributed by atoms with Crippen LogP contribution in [0.1, 0.15) is 57.2 Å². The first-order valence-electron chi connectivity index (χ1n) is 8.93. The fraction of sp³-hybridized carbons (Fsp3) is 0.364. The van der Waals surface area contributed by atoms with Crippen LogP contribution < -0.4 is 0 Å². The van der Waals surface area contributed by atoms with Gasteiger partial charge in [0.2, 0.25) is 0 Å². The maximum Gasteiger partial charge on any atom is 0.191 e. The van der Waals surface area contributed by atoms with Gasteiger partial charge in [-0.05, 0) is 67.7 Å². The first kappa shape index (κ1) is 21.6. The Kier molecular flexibility index (Phi) is 7.20. The highest BCUT2D eigenvalue weighted by Crippen LogP contribution is 2.30. The molecule has 3 nitrogen and oxygen atoms in total. The maximum absolute atomic E-state index is 12.4. The molecule has 0 saturated heterocycles. The standard InChI is InChI=1S/C22H27NO2S2/c1-15(2)16-11-12-18(17(13-16)14-23-27(24)22(3,4)5)19-9-7-8-10-20(19)21(26)25-6/h7-15H,1-6H3/b23-14+. The highest BCUT2D eigenvalue weighted by atomic mass is 32.2. The van der Waals surface area contributed by atoms with E-state index < -0.39 is 16.1 Å². The fourth-order valence-corrected chi connectivity index (χ4v) is 3.26. The van der Waals surface area contributed by atoms with Crippen LogP contribution in [0.3, 0.4) is 0 Å². The lowest BCUT2D eigenvalue weighted by Crippen LogP contribution is -2.25. The van der Waals surface area contributed by atoms with E-state index in [9.17, 15) is 4.55 Å². The third-order valence-electron chi connectivity index (χ3n) is 4.18. The quantitative estimate of drug-likeness (QED) is 0.368. The van der Waals surface area contributed by atoms with Gasteiger partial charge >= 0.3 is 0 Å². The molecule has 0 bridgehead atoms. The van der Waals surface area contributed by atoms with E-state index in [0.29, 0.717) is 11.0 Å². The van der Waals surface area contributed by atoms with Crippen molar-refractivity contribution in [3.8, 4) is 11.1 Å². The summed E-state index contributed by atoms with van der Waals surface area (Å²) in [7, 11) is 1.58. The van der Waals surface area contributed by atoms with Crippen molar-refractivity contribution >= 4 is 34.8 Å². The van der Waals surface area contributed by atoms with E-state index >= 15 is 0 Å². The SMILES string of the molecule is COC(=S)c1ccccc1-c1ccc(C(C)C)cc1/C=N/[S+]([O-])C(C)(C)C. The molecule has 0 aromatic heterocycles. The van der Waals surface area contributed by atoms with Crippen LogP contribution in [0.25, 0.3) is 11.1 Å². The van der Waals surface area contributed by atoms with Gasteiger partial charge in [0.1, 0.15) is 16.1 Å². The van der Waals surface area contributed by atoms with Crippen molar-refractivity contribution in [2.24, 2.45) is 4.40 Å². The van der Waals surface area contributed by atoms with Crippen molar-refractivity contribution < 1.29 is 9.29 Å². The van der Waals surface area contributed by atoms with Crippen molar-refractivity contribution in [2.45, 2.75) is 45.3 Å². The molecule has 2 rings (SSSR count). The zero-order valence-corrected chi connectivity index (χ0v) is 18.4. The number of nitrogens with zero attached hydrogens (tertiary/aromatic N) is 1. The third-order valence-corrected chi connectivity index (χ3v) is 5.91. The normalized spacial score (nSPS) is 13.2. The van der Waals surface area contributed by atoms with Crippen LogP contribution >= 0.6 is 12.2 Å². The summed E-state index contributed by atoms with van der Waals surface area (Å²) in [6, 6.07) is 14.2. The van der Waals surface area contributed by atoms with Gasteiger partial charge in [-0.3, -0.25) is 0 Å². The summed E-state index contributed by atoms with van der Waals surface area (Å²) in [6.07, 6.45) is 1.72. The van der Waals surface area contributed by atoms with Gasteiger partial charge in [-0.15, -0.1) is 0 Å². The van der Waals surface area contributed by atoms with E-state index in [-0.39, 0.29) is 0 Å². The Labute approximate surface area is 171 Å². The van der Waals surface area contributed by atoms with Gasteiger partial charge in [0.15, 0.2) is 5.05 Å². The van der Waals surface area contributed by atoms with Gasteiger partial charge in [-0.25, -0.2) is 0 Å². The Morgan fingerprint density at radius 1 is 1.15 bits per heavy atom. The molecule has 0 N–H and O–H groups in total. The average molecular weight is 402 g/mol. The van der Waals surface area contributed by atoms with E-state index in [1.165, 1.54) is 5.56 Å². The van der Waals surface area contributed by atoms with Crippen LogP contribution in [0.5, 0.6) is 0 Å². The monoisotopic (exact) mass is 401 g/mol. The Morgan fingerprint density at radius 2 is 1.81 bits per heavy atom. The number of ether oxygens (including phenoxy) is 1. The van der Waals surface area contributed by atoms with Crippen molar-refractivity contribution in [2.75, 3.05) is 7.11 Å². The zero-order chi connectivity index (χ0) is 20.2. The number of rotatable bonds is 5. The molecule has 0 aliphatic carbocycles. The topological polar surface area (TPSA) is 44.6 Å². The lowest BCUT2D eigenvalue weighted by atomic mass is 9.92. The van der Waals surface area contributed by atoms with Gasteiger partial charge in [0, 0.05) is 11.1 Å². The molecule has 1 atom stereocenters. The first-order chi connectivity index (χ1) is 12.6. The summed E-state index contributed by atoms with van der Waals surface area (Å²) in [6.45, 7) is 10.0. The molecule has 0 heterocycles. The number of benzene rings is 2. The van der Waals surface area contributed by atoms with E-state index in [4.69, 9.17) is 17.0 Å². The molecule has 0 aliphatic heterocycles. The van der Waals surface area contributed by atoms with Crippen molar-refractivity contribution in [1.29, 1.82) is 0 Å².